The molecule has 1 N–H and O–H groups in total. The summed E-state index contributed by atoms with van der Waals surface area (Å²) in [5, 5.41) is 0.549. The smallest absolute Gasteiger partial charge is 0.296 e. The minimum atomic E-state index is -4.48. The van der Waals surface area contributed by atoms with Gasteiger partial charge in [0, 0.05) is 22.2 Å². The van der Waals surface area contributed by atoms with E-state index in [4.69, 9.17) is 39.5 Å². The van der Waals surface area contributed by atoms with E-state index in [0.717, 1.165) is 6.07 Å². The Kier molecular flexibility index (Phi) is 5.98. The largest absolute Gasteiger partial charge is 0.457 e. The van der Waals surface area contributed by atoms with Gasteiger partial charge in [-0.1, -0.05) is 34.8 Å². The van der Waals surface area contributed by atoms with E-state index >= 15 is 0 Å². The van der Waals surface area contributed by atoms with Crippen LogP contribution in [0.25, 0.3) is 0 Å². The van der Waals surface area contributed by atoms with E-state index < -0.39 is 15.0 Å². The average molecular weight is 458 g/mol. The van der Waals surface area contributed by atoms with E-state index in [2.05, 4.69) is 0 Å². The maximum Gasteiger partial charge on any atom is 0.296 e. The molecule has 0 aliphatic rings. The maximum absolute atomic E-state index is 12.6. The van der Waals surface area contributed by atoms with Gasteiger partial charge in [0.25, 0.3) is 10.1 Å². The lowest BCUT2D eigenvalue weighted by Crippen LogP contribution is -2.02. The summed E-state index contributed by atoms with van der Waals surface area (Å²) >= 11 is 17.7. The number of ether oxygens (including phenoxy) is 1. The highest BCUT2D eigenvalue weighted by atomic mass is 35.5. The second-order valence-electron chi connectivity index (χ2n) is 5.65. The summed E-state index contributed by atoms with van der Waals surface area (Å²) in [5.41, 5.74) is 0.643. The molecule has 0 atom stereocenters. The second-order valence-corrected chi connectivity index (χ2v) is 8.29. The van der Waals surface area contributed by atoms with Crippen LogP contribution in [0.4, 0.5) is 0 Å². The first-order chi connectivity index (χ1) is 13.1. The van der Waals surface area contributed by atoms with Crippen LogP contribution in [-0.2, 0) is 10.1 Å². The summed E-state index contributed by atoms with van der Waals surface area (Å²) in [7, 11) is -4.48. The Morgan fingerprint density at radius 2 is 1.43 bits per heavy atom. The number of halogens is 3. The lowest BCUT2D eigenvalue weighted by atomic mass is 10.0. The molecule has 0 aliphatic heterocycles. The summed E-state index contributed by atoms with van der Waals surface area (Å²) in [4.78, 5) is 12.1. The third-order valence-electron chi connectivity index (χ3n) is 3.71. The van der Waals surface area contributed by atoms with Gasteiger partial charge in [-0.05, 0) is 54.6 Å². The standard InChI is InChI=1S/C19H11Cl3O5S/c20-12-3-7-16(21)15(9-12)19(23)11-1-4-13(5-2-11)27-14-6-8-17(22)18(10-14)28(24,25)26/h1-10H,(H,24,25,26). The van der Waals surface area contributed by atoms with Gasteiger partial charge < -0.3 is 4.74 Å². The Morgan fingerprint density at radius 1 is 0.821 bits per heavy atom. The molecule has 0 bridgehead atoms. The third kappa shape index (κ3) is 4.66. The molecule has 0 spiro atoms. The summed E-state index contributed by atoms with van der Waals surface area (Å²) in [6, 6.07) is 14.6. The van der Waals surface area contributed by atoms with Crippen LogP contribution in [0.5, 0.6) is 11.5 Å². The van der Waals surface area contributed by atoms with Crippen molar-refractivity contribution in [2.24, 2.45) is 0 Å². The molecule has 0 unspecified atom stereocenters. The van der Waals surface area contributed by atoms with Gasteiger partial charge in [0.1, 0.15) is 16.4 Å². The molecule has 3 aromatic carbocycles. The molecule has 5 nitrogen and oxygen atoms in total. The van der Waals surface area contributed by atoms with Crippen molar-refractivity contribution in [3.63, 3.8) is 0 Å². The minimum absolute atomic E-state index is 0.130. The van der Waals surface area contributed by atoms with E-state index in [1.54, 1.807) is 12.1 Å². The molecule has 0 saturated heterocycles. The zero-order valence-electron chi connectivity index (χ0n) is 13.9. The summed E-state index contributed by atoms with van der Waals surface area (Å²) in [6.07, 6.45) is 0. The predicted octanol–water partition coefficient (Wildman–Crippen LogP) is 5.92. The molecule has 0 radical (unpaired) electrons. The number of carbonyl (C=O) groups excluding carboxylic acids is 1. The fourth-order valence-corrected chi connectivity index (χ4v) is 3.75. The zero-order valence-corrected chi connectivity index (χ0v) is 17.0. The highest BCUT2D eigenvalue weighted by molar-refractivity contribution is 7.86. The quantitative estimate of drug-likeness (QED) is 0.380. The molecule has 9 heteroatoms. The van der Waals surface area contributed by atoms with Crippen molar-refractivity contribution in [1.82, 2.24) is 0 Å². The molecular weight excluding hydrogens is 447 g/mol. The molecule has 0 fully saturated rings. The van der Waals surface area contributed by atoms with E-state index in [9.17, 15) is 17.8 Å². The van der Waals surface area contributed by atoms with Crippen molar-refractivity contribution in [3.8, 4) is 11.5 Å². The van der Waals surface area contributed by atoms with Gasteiger partial charge in [0.05, 0.1) is 10.0 Å². The SMILES string of the molecule is O=C(c1ccc(Oc2ccc(Cl)c(S(=O)(=O)O)c2)cc1)c1cc(Cl)ccc1Cl. The first-order valence-electron chi connectivity index (χ1n) is 7.70. The highest BCUT2D eigenvalue weighted by Gasteiger charge is 2.17. The van der Waals surface area contributed by atoms with Crippen LogP contribution in [0.3, 0.4) is 0 Å². The molecular formula is C19H11Cl3O5S. The fraction of sp³-hybridized carbons (Fsp3) is 0. The van der Waals surface area contributed by atoms with Gasteiger partial charge in [-0.25, -0.2) is 0 Å². The molecule has 3 aromatic rings. The van der Waals surface area contributed by atoms with Crippen LogP contribution in [0.1, 0.15) is 15.9 Å². The van der Waals surface area contributed by atoms with Crippen molar-refractivity contribution in [2.45, 2.75) is 4.90 Å². The maximum atomic E-state index is 12.6. The van der Waals surface area contributed by atoms with Crippen LogP contribution >= 0.6 is 34.8 Å². The molecule has 0 amide bonds. The van der Waals surface area contributed by atoms with Crippen LogP contribution in [0, 0.1) is 0 Å². The Bertz CT molecular complexity index is 1160. The number of hydrogen-bond donors (Lipinski definition) is 1. The summed E-state index contributed by atoms with van der Waals surface area (Å²) in [5.74, 6) is 0.186. The number of carbonyl (C=O) groups is 1. The minimum Gasteiger partial charge on any atom is -0.457 e. The number of hydrogen-bond acceptors (Lipinski definition) is 4. The average Bonchev–Trinajstić information content (AvgIpc) is 2.64. The topological polar surface area (TPSA) is 80.7 Å². The van der Waals surface area contributed by atoms with E-state index in [0.29, 0.717) is 16.3 Å². The van der Waals surface area contributed by atoms with Gasteiger partial charge in [-0.2, -0.15) is 8.42 Å². The van der Waals surface area contributed by atoms with Crippen molar-refractivity contribution >= 4 is 50.7 Å². The molecule has 144 valence electrons. The number of benzene rings is 3. The van der Waals surface area contributed by atoms with Gasteiger partial charge in [0.2, 0.25) is 0 Å². The second kappa shape index (κ2) is 8.11. The van der Waals surface area contributed by atoms with Gasteiger partial charge in [0.15, 0.2) is 5.78 Å². The molecule has 0 heterocycles. The Balaban J connectivity index is 1.84. The first kappa shape index (κ1) is 20.6. The fourth-order valence-electron chi connectivity index (χ4n) is 2.38. The Morgan fingerprint density at radius 3 is 2.07 bits per heavy atom. The van der Waals surface area contributed by atoms with Crippen molar-refractivity contribution in [2.75, 3.05) is 0 Å². The van der Waals surface area contributed by atoms with E-state index in [-0.39, 0.29) is 27.1 Å². The molecule has 0 aromatic heterocycles. The van der Waals surface area contributed by atoms with Crippen molar-refractivity contribution in [1.29, 1.82) is 0 Å². The first-order valence-corrected chi connectivity index (χ1v) is 10.3. The lowest BCUT2D eigenvalue weighted by Gasteiger charge is -2.09. The number of ketones is 1. The molecule has 0 saturated carbocycles. The Labute approximate surface area is 176 Å². The monoisotopic (exact) mass is 456 g/mol. The van der Waals surface area contributed by atoms with E-state index in [1.807, 2.05) is 0 Å². The Hall–Kier alpha value is -2.09. The lowest BCUT2D eigenvalue weighted by molar-refractivity contribution is 0.103. The summed E-state index contributed by atoms with van der Waals surface area (Å²) < 4.78 is 37.4. The van der Waals surface area contributed by atoms with Gasteiger partial charge in [-0.3, -0.25) is 9.35 Å². The van der Waals surface area contributed by atoms with Crippen LogP contribution < -0.4 is 4.74 Å². The van der Waals surface area contributed by atoms with E-state index in [1.165, 1.54) is 42.5 Å². The zero-order chi connectivity index (χ0) is 20.5. The third-order valence-corrected chi connectivity index (χ3v) is 5.61. The van der Waals surface area contributed by atoms with Crippen LogP contribution in [0.2, 0.25) is 15.1 Å². The highest BCUT2D eigenvalue weighted by Crippen LogP contribution is 2.30. The molecule has 28 heavy (non-hydrogen) atoms. The summed E-state index contributed by atoms with van der Waals surface area (Å²) in [6.45, 7) is 0. The van der Waals surface area contributed by atoms with Crippen molar-refractivity contribution in [3.05, 3.63) is 86.9 Å². The molecule has 3 rings (SSSR count). The predicted molar refractivity (Wildman–Crippen MR) is 108 cm³/mol. The van der Waals surface area contributed by atoms with Gasteiger partial charge in [-0.15, -0.1) is 0 Å². The van der Waals surface area contributed by atoms with Crippen LogP contribution in [-0.4, -0.2) is 18.8 Å². The normalized spacial score (nSPS) is 11.3. The van der Waals surface area contributed by atoms with Gasteiger partial charge >= 0.3 is 0 Å². The number of rotatable bonds is 5. The van der Waals surface area contributed by atoms with Crippen molar-refractivity contribution < 1.29 is 22.5 Å². The van der Waals surface area contributed by atoms with Crippen LogP contribution in [0.15, 0.2) is 65.6 Å². The molecule has 0 aliphatic carbocycles.